The van der Waals surface area contributed by atoms with E-state index in [-0.39, 0.29) is 0 Å². The first-order valence-electron chi connectivity index (χ1n) is 8.37. The van der Waals surface area contributed by atoms with Gasteiger partial charge >= 0.3 is 0 Å². The minimum absolute atomic E-state index is 0.655. The van der Waals surface area contributed by atoms with Gasteiger partial charge in [-0.2, -0.15) is 5.26 Å². The zero-order valence-corrected chi connectivity index (χ0v) is 13.8. The Morgan fingerprint density at radius 2 is 1.83 bits per heavy atom. The zero-order valence-electron chi connectivity index (χ0n) is 13.8. The average Bonchev–Trinajstić information content (AvgIpc) is 2.66. The topological polar surface area (TPSA) is 52.4 Å². The van der Waals surface area contributed by atoms with Gasteiger partial charge < -0.3 is 9.64 Å². The van der Waals surface area contributed by atoms with Crippen molar-refractivity contribution in [1.29, 1.82) is 5.26 Å². The predicted octanol–water partition coefficient (Wildman–Crippen LogP) is 2.54. The molecular weight excluding hydrogens is 300 g/mol. The molecule has 1 aliphatic heterocycles. The van der Waals surface area contributed by atoms with E-state index in [9.17, 15) is 5.26 Å². The van der Waals surface area contributed by atoms with Gasteiger partial charge in [-0.3, -0.25) is 4.90 Å². The molecule has 0 atom stereocenters. The number of nitrogens with zero attached hydrogens (tertiary/aromatic N) is 4. The zero-order chi connectivity index (χ0) is 16.6. The highest BCUT2D eigenvalue weighted by atomic mass is 16.5. The van der Waals surface area contributed by atoms with E-state index in [0.29, 0.717) is 5.56 Å². The molecule has 0 saturated carbocycles. The second kappa shape index (κ2) is 8.32. The summed E-state index contributed by atoms with van der Waals surface area (Å²) in [5.74, 6) is 1.74. The largest absolute Gasteiger partial charge is 0.494 e. The highest BCUT2D eigenvalue weighted by Gasteiger charge is 2.19. The van der Waals surface area contributed by atoms with Crippen LogP contribution in [0.15, 0.2) is 48.7 Å². The smallest absolute Gasteiger partial charge is 0.146 e. The van der Waals surface area contributed by atoms with Crippen LogP contribution in [0, 0.1) is 11.3 Å². The molecule has 0 radical (unpaired) electrons. The fraction of sp³-hybridized carbons (Fsp3) is 0.368. The van der Waals surface area contributed by atoms with Gasteiger partial charge in [-0.05, 0) is 30.7 Å². The normalized spacial score (nSPS) is 15.0. The lowest BCUT2D eigenvalue weighted by atomic mass is 10.2. The lowest BCUT2D eigenvalue weighted by molar-refractivity contribution is 0.224. The van der Waals surface area contributed by atoms with Crippen molar-refractivity contribution in [2.45, 2.75) is 6.42 Å². The highest BCUT2D eigenvalue weighted by molar-refractivity contribution is 5.53. The number of para-hydroxylation sites is 1. The lowest BCUT2D eigenvalue weighted by Gasteiger charge is -2.35. The third-order valence-electron chi connectivity index (χ3n) is 4.21. The maximum absolute atomic E-state index is 9.20. The van der Waals surface area contributed by atoms with E-state index in [0.717, 1.165) is 57.3 Å². The third kappa shape index (κ3) is 4.24. The predicted molar refractivity (Wildman–Crippen MR) is 94.2 cm³/mol. The van der Waals surface area contributed by atoms with Gasteiger partial charge in [-0.15, -0.1) is 0 Å². The number of pyridine rings is 1. The highest BCUT2D eigenvalue weighted by Crippen LogP contribution is 2.18. The summed E-state index contributed by atoms with van der Waals surface area (Å²) in [4.78, 5) is 9.02. The number of hydrogen-bond acceptors (Lipinski definition) is 5. The van der Waals surface area contributed by atoms with Crippen LogP contribution >= 0.6 is 0 Å². The Labute approximate surface area is 143 Å². The fourth-order valence-corrected chi connectivity index (χ4v) is 2.91. The number of rotatable bonds is 6. The minimum Gasteiger partial charge on any atom is -0.494 e. The molecule has 124 valence electrons. The molecular formula is C19H22N4O. The summed E-state index contributed by atoms with van der Waals surface area (Å²) in [5, 5.41) is 9.20. The van der Waals surface area contributed by atoms with Crippen molar-refractivity contribution >= 4 is 5.82 Å². The van der Waals surface area contributed by atoms with Gasteiger partial charge in [-0.25, -0.2) is 4.98 Å². The summed E-state index contributed by atoms with van der Waals surface area (Å²) in [7, 11) is 0. The van der Waals surface area contributed by atoms with Crippen LogP contribution in [-0.4, -0.2) is 49.2 Å². The molecule has 5 heteroatoms. The van der Waals surface area contributed by atoms with Gasteiger partial charge in [-0.1, -0.05) is 18.2 Å². The Morgan fingerprint density at radius 3 is 2.58 bits per heavy atom. The number of hydrogen-bond donors (Lipinski definition) is 0. The van der Waals surface area contributed by atoms with Gasteiger partial charge in [0.15, 0.2) is 0 Å². The summed E-state index contributed by atoms with van der Waals surface area (Å²) in [6, 6.07) is 15.8. The van der Waals surface area contributed by atoms with Crippen molar-refractivity contribution in [2.75, 3.05) is 44.2 Å². The van der Waals surface area contributed by atoms with E-state index in [1.165, 1.54) is 0 Å². The average molecular weight is 322 g/mol. The summed E-state index contributed by atoms with van der Waals surface area (Å²) >= 11 is 0. The fourth-order valence-electron chi connectivity index (χ4n) is 2.91. The summed E-state index contributed by atoms with van der Waals surface area (Å²) < 4.78 is 5.73. The van der Waals surface area contributed by atoms with Gasteiger partial charge in [0.25, 0.3) is 0 Å². The molecule has 2 aromatic rings. The van der Waals surface area contributed by atoms with E-state index in [4.69, 9.17) is 4.74 Å². The van der Waals surface area contributed by atoms with Crippen LogP contribution in [0.2, 0.25) is 0 Å². The first kappa shape index (κ1) is 16.3. The number of ether oxygens (including phenoxy) is 1. The molecule has 1 saturated heterocycles. The summed E-state index contributed by atoms with van der Waals surface area (Å²) in [6.45, 7) is 5.58. The Hall–Kier alpha value is -2.58. The Kier molecular flexibility index (Phi) is 5.65. The Morgan fingerprint density at radius 1 is 1.04 bits per heavy atom. The van der Waals surface area contributed by atoms with Gasteiger partial charge in [0.05, 0.1) is 12.2 Å². The van der Waals surface area contributed by atoms with Crippen molar-refractivity contribution in [2.24, 2.45) is 0 Å². The summed E-state index contributed by atoms with van der Waals surface area (Å²) in [5.41, 5.74) is 0.655. The van der Waals surface area contributed by atoms with Crippen molar-refractivity contribution in [3.63, 3.8) is 0 Å². The molecule has 1 aromatic carbocycles. The Bertz CT molecular complexity index is 675. The molecule has 5 nitrogen and oxygen atoms in total. The lowest BCUT2D eigenvalue weighted by Crippen LogP contribution is -2.47. The maximum atomic E-state index is 9.20. The number of nitriles is 1. The van der Waals surface area contributed by atoms with Crippen LogP contribution in [0.5, 0.6) is 5.75 Å². The van der Waals surface area contributed by atoms with E-state index >= 15 is 0 Å². The quantitative estimate of drug-likeness (QED) is 0.765. The second-order valence-corrected chi connectivity index (χ2v) is 5.83. The molecule has 0 amide bonds. The first-order valence-corrected chi connectivity index (χ1v) is 8.37. The third-order valence-corrected chi connectivity index (χ3v) is 4.21. The SMILES string of the molecule is N#Cc1cccnc1N1CCN(CCCOc2ccccc2)CC1. The molecule has 24 heavy (non-hydrogen) atoms. The standard InChI is InChI=1S/C19H22N4O/c20-16-17-6-4-9-21-19(17)23-13-11-22(12-14-23)10-5-15-24-18-7-2-1-3-8-18/h1-4,6-9H,5,10-15H2. The molecule has 0 N–H and O–H groups in total. The minimum atomic E-state index is 0.655. The molecule has 2 heterocycles. The van der Waals surface area contributed by atoms with Crippen molar-refractivity contribution in [1.82, 2.24) is 9.88 Å². The molecule has 0 aliphatic carbocycles. The van der Waals surface area contributed by atoms with E-state index in [1.54, 1.807) is 6.20 Å². The van der Waals surface area contributed by atoms with Crippen LogP contribution < -0.4 is 9.64 Å². The molecule has 0 bridgehead atoms. The molecule has 0 unspecified atom stereocenters. The van der Waals surface area contributed by atoms with Crippen LogP contribution in [0.4, 0.5) is 5.82 Å². The van der Waals surface area contributed by atoms with Crippen molar-refractivity contribution in [3.8, 4) is 11.8 Å². The van der Waals surface area contributed by atoms with Gasteiger partial charge in [0.1, 0.15) is 17.6 Å². The number of anilines is 1. The molecule has 1 fully saturated rings. The molecule has 1 aliphatic rings. The molecule has 1 aromatic heterocycles. The number of piperazine rings is 1. The van der Waals surface area contributed by atoms with Gasteiger partial charge in [0, 0.05) is 38.9 Å². The summed E-state index contributed by atoms with van der Waals surface area (Å²) in [6.07, 6.45) is 2.77. The first-order chi connectivity index (χ1) is 11.9. The van der Waals surface area contributed by atoms with Crippen LogP contribution in [0.1, 0.15) is 12.0 Å². The molecule has 3 rings (SSSR count). The van der Waals surface area contributed by atoms with Crippen molar-refractivity contribution in [3.05, 3.63) is 54.2 Å². The van der Waals surface area contributed by atoms with Crippen molar-refractivity contribution < 1.29 is 4.74 Å². The Balaban J connectivity index is 1.40. The number of aromatic nitrogens is 1. The second-order valence-electron chi connectivity index (χ2n) is 5.83. The van der Waals surface area contributed by atoms with Gasteiger partial charge in [0.2, 0.25) is 0 Å². The number of benzene rings is 1. The van der Waals surface area contributed by atoms with Crippen LogP contribution in [0.25, 0.3) is 0 Å². The van der Waals surface area contributed by atoms with E-state index < -0.39 is 0 Å². The van der Waals surface area contributed by atoms with Crippen LogP contribution in [0.3, 0.4) is 0 Å². The monoisotopic (exact) mass is 322 g/mol. The van der Waals surface area contributed by atoms with E-state index in [1.807, 2.05) is 42.5 Å². The maximum Gasteiger partial charge on any atom is 0.146 e. The molecule has 0 spiro atoms. The van der Waals surface area contributed by atoms with Crippen LogP contribution in [-0.2, 0) is 0 Å². The van der Waals surface area contributed by atoms with E-state index in [2.05, 4.69) is 20.9 Å².